The van der Waals surface area contributed by atoms with E-state index in [0.29, 0.717) is 0 Å². The van der Waals surface area contributed by atoms with Gasteiger partial charge in [0.15, 0.2) is 0 Å². The second-order valence-electron chi connectivity index (χ2n) is 6.62. The topological polar surface area (TPSA) is 18.5 Å². The molecule has 1 aliphatic carbocycles. The van der Waals surface area contributed by atoms with Crippen LogP contribution in [0, 0.1) is 5.92 Å². The van der Waals surface area contributed by atoms with Crippen LogP contribution in [0.15, 0.2) is 36.4 Å². The number of rotatable bonds is 9. The fourth-order valence-electron chi connectivity index (χ4n) is 3.37. The Morgan fingerprint density at radius 2 is 1.78 bits per heavy atom. The maximum Gasteiger partial charge on any atom is 0.119 e. The van der Waals surface area contributed by atoms with Gasteiger partial charge in [0.05, 0.1) is 13.2 Å². The molecule has 0 aromatic heterocycles. The van der Waals surface area contributed by atoms with E-state index in [1.165, 1.54) is 44.1 Å². The summed E-state index contributed by atoms with van der Waals surface area (Å²) in [6.07, 6.45) is 13.3. The summed E-state index contributed by atoms with van der Waals surface area (Å²) in [7, 11) is 1.75. The second kappa shape index (κ2) is 10.5. The molecular weight excluding hydrogens is 284 g/mol. The average Bonchev–Trinajstić information content (AvgIpc) is 2.60. The van der Waals surface area contributed by atoms with Crippen LogP contribution in [0.2, 0.25) is 0 Å². The average molecular weight is 316 g/mol. The first kappa shape index (κ1) is 18.1. The number of hydrogen-bond donors (Lipinski definition) is 0. The van der Waals surface area contributed by atoms with Crippen LogP contribution in [0.25, 0.3) is 0 Å². The quantitative estimate of drug-likeness (QED) is 0.428. The number of hydrogen-bond acceptors (Lipinski definition) is 2. The Balaban J connectivity index is 1.75. The van der Waals surface area contributed by atoms with Crippen molar-refractivity contribution in [1.82, 2.24) is 0 Å². The molecule has 1 aromatic rings. The lowest BCUT2D eigenvalue weighted by atomic mass is 9.78. The minimum atomic E-state index is 0.719. The van der Waals surface area contributed by atoms with Gasteiger partial charge in [0.1, 0.15) is 5.75 Å². The van der Waals surface area contributed by atoms with Crippen molar-refractivity contribution < 1.29 is 9.47 Å². The van der Waals surface area contributed by atoms with Crippen LogP contribution in [0.3, 0.4) is 0 Å². The van der Waals surface area contributed by atoms with Crippen LogP contribution in [-0.4, -0.2) is 20.3 Å². The van der Waals surface area contributed by atoms with Gasteiger partial charge in [-0.2, -0.15) is 0 Å². The van der Waals surface area contributed by atoms with E-state index in [1.807, 2.05) is 0 Å². The van der Waals surface area contributed by atoms with Crippen molar-refractivity contribution >= 4 is 0 Å². The molecule has 128 valence electrons. The molecule has 2 heteroatoms. The summed E-state index contributed by atoms with van der Waals surface area (Å²) >= 11 is 0. The SMILES string of the molecule is CCCCCOc1ccc([C@H]2CC[C@H](/C=C/COC)CC2)cc1. The lowest BCUT2D eigenvalue weighted by Crippen LogP contribution is -2.11. The highest BCUT2D eigenvalue weighted by atomic mass is 16.5. The first-order valence-corrected chi connectivity index (χ1v) is 9.21. The zero-order valence-corrected chi connectivity index (χ0v) is 14.8. The number of methoxy groups -OCH3 is 1. The third kappa shape index (κ3) is 6.39. The van der Waals surface area contributed by atoms with Crippen molar-refractivity contribution in [2.45, 2.75) is 57.8 Å². The molecule has 1 aliphatic rings. The standard InChI is InChI=1S/C21H32O2/c1-3-4-5-17-23-21-14-12-20(13-15-21)19-10-8-18(9-11-19)7-6-16-22-2/h6-7,12-15,18-19H,3-5,8-11,16-17H2,1-2H3/b7-6+/t18-,19-. The van der Waals surface area contributed by atoms with E-state index < -0.39 is 0 Å². The molecule has 1 saturated carbocycles. The highest BCUT2D eigenvalue weighted by molar-refractivity contribution is 5.29. The van der Waals surface area contributed by atoms with Gasteiger partial charge in [0.25, 0.3) is 0 Å². The number of unbranched alkanes of at least 4 members (excludes halogenated alkanes) is 2. The number of ether oxygens (including phenoxy) is 2. The molecule has 2 nitrogen and oxygen atoms in total. The fraction of sp³-hybridized carbons (Fsp3) is 0.619. The monoisotopic (exact) mass is 316 g/mol. The van der Waals surface area contributed by atoms with Crippen molar-refractivity contribution in [3.63, 3.8) is 0 Å². The predicted molar refractivity (Wildman–Crippen MR) is 97.2 cm³/mol. The Bertz CT molecular complexity index is 441. The summed E-state index contributed by atoms with van der Waals surface area (Å²) in [4.78, 5) is 0. The Hall–Kier alpha value is -1.28. The molecule has 0 unspecified atom stereocenters. The molecule has 0 spiro atoms. The van der Waals surface area contributed by atoms with Crippen molar-refractivity contribution in [3.8, 4) is 5.75 Å². The molecule has 0 aliphatic heterocycles. The lowest BCUT2D eigenvalue weighted by molar-refractivity contribution is 0.233. The maximum absolute atomic E-state index is 5.80. The van der Waals surface area contributed by atoms with Crippen LogP contribution in [0.1, 0.15) is 63.4 Å². The predicted octanol–water partition coefficient (Wildman–Crippen LogP) is 5.73. The molecule has 1 aromatic carbocycles. The van der Waals surface area contributed by atoms with Crippen LogP contribution in [0.5, 0.6) is 5.75 Å². The van der Waals surface area contributed by atoms with E-state index in [9.17, 15) is 0 Å². The molecule has 1 fully saturated rings. The zero-order chi connectivity index (χ0) is 16.3. The molecule has 0 atom stereocenters. The zero-order valence-electron chi connectivity index (χ0n) is 14.8. The molecule has 0 N–H and O–H groups in total. The van der Waals surface area contributed by atoms with E-state index in [4.69, 9.17) is 9.47 Å². The fourth-order valence-corrected chi connectivity index (χ4v) is 3.37. The van der Waals surface area contributed by atoms with Gasteiger partial charge in [-0.15, -0.1) is 0 Å². The van der Waals surface area contributed by atoms with E-state index in [-0.39, 0.29) is 0 Å². The van der Waals surface area contributed by atoms with Gasteiger partial charge in [0.2, 0.25) is 0 Å². The van der Waals surface area contributed by atoms with Gasteiger partial charge in [0, 0.05) is 7.11 Å². The maximum atomic E-state index is 5.80. The Labute approximate surface area is 141 Å². The Morgan fingerprint density at radius 3 is 2.43 bits per heavy atom. The van der Waals surface area contributed by atoms with Crippen LogP contribution >= 0.6 is 0 Å². The number of allylic oxidation sites excluding steroid dienone is 1. The summed E-state index contributed by atoms with van der Waals surface area (Å²) in [5.74, 6) is 2.47. The highest BCUT2D eigenvalue weighted by Gasteiger charge is 2.20. The van der Waals surface area contributed by atoms with E-state index in [1.54, 1.807) is 7.11 Å². The van der Waals surface area contributed by atoms with E-state index in [2.05, 4.69) is 43.3 Å². The molecule has 23 heavy (non-hydrogen) atoms. The molecule has 0 heterocycles. The van der Waals surface area contributed by atoms with E-state index in [0.717, 1.165) is 37.2 Å². The Kier molecular flexibility index (Phi) is 8.24. The van der Waals surface area contributed by atoms with Gasteiger partial charge in [-0.1, -0.05) is 44.1 Å². The van der Waals surface area contributed by atoms with Crippen molar-refractivity contribution in [3.05, 3.63) is 42.0 Å². The molecule has 0 bridgehead atoms. The summed E-state index contributed by atoms with van der Waals surface area (Å²) in [6, 6.07) is 8.82. The van der Waals surface area contributed by atoms with Crippen LogP contribution < -0.4 is 4.74 Å². The first-order chi connectivity index (χ1) is 11.3. The van der Waals surface area contributed by atoms with Gasteiger partial charge in [-0.05, 0) is 61.6 Å². The molecule has 0 amide bonds. The number of benzene rings is 1. The van der Waals surface area contributed by atoms with Crippen molar-refractivity contribution in [2.75, 3.05) is 20.3 Å². The summed E-state index contributed by atoms with van der Waals surface area (Å²) in [6.45, 7) is 3.79. The highest BCUT2D eigenvalue weighted by Crippen LogP contribution is 2.36. The van der Waals surface area contributed by atoms with Gasteiger partial charge in [-0.25, -0.2) is 0 Å². The molecule has 2 rings (SSSR count). The minimum absolute atomic E-state index is 0.719. The summed E-state index contributed by atoms with van der Waals surface area (Å²) < 4.78 is 10.9. The lowest BCUT2D eigenvalue weighted by Gasteiger charge is -2.27. The third-order valence-electron chi connectivity index (χ3n) is 4.81. The smallest absolute Gasteiger partial charge is 0.119 e. The van der Waals surface area contributed by atoms with Gasteiger partial charge >= 0.3 is 0 Å². The molecule has 0 radical (unpaired) electrons. The summed E-state index contributed by atoms with van der Waals surface area (Å²) in [5.41, 5.74) is 1.48. The van der Waals surface area contributed by atoms with Crippen LogP contribution in [0.4, 0.5) is 0 Å². The molecular formula is C21H32O2. The molecule has 0 saturated heterocycles. The van der Waals surface area contributed by atoms with Crippen molar-refractivity contribution in [1.29, 1.82) is 0 Å². The second-order valence-corrected chi connectivity index (χ2v) is 6.62. The van der Waals surface area contributed by atoms with Gasteiger partial charge < -0.3 is 9.47 Å². The summed E-state index contributed by atoms with van der Waals surface area (Å²) in [5, 5.41) is 0. The normalized spacial score (nSPS) is 21.7. The largest absolute Gasteiger partial charge is 0.494 e. The van der Waals surface area contributed by atoms with Crippen LogP contribution in [-0.2, 0) is 4.74 Å². The van der Waals surface area contributed by atoms with Gasteiger partial charge in [-0.3, -0.25) is 0 Å². The minimum Gasteiger partial charge on any atom is -0.494 e. The third-order valence-corrected chi connectivity index (χ3v) is 4.81. The Morgan fingerprint density at radius 1 is 1.04 bits per heavy atom. The van der Waals surface area contributed by atoms with E-state index >= 15 is 0 Å². The first-order valence-electron chi connectivity index (χ1n) is 9.21. The van der Waals surface area contributed by atoms with Crippen molar-refractivity contribution in [2.24, 2.45) is 5.92 Å².